The number of methoxy groups -OCH3 is 1. The van der Waals surface area contributed by atoms with Gasteiger partial charge >= 0.3 is 5.97 Å². The summed E-state index contributed by atoms with van der Waals surface area (Å²) in [7, 11) is 1.39. The zero-order valence-corrected chi connectivity index (χ0v) is 6.76. The summed E-state index contributed by atoms with van der Waals surface area (Å²) in [4.78, 5) is 10.3. The normalized spacial score (nSPS) is 8.00. The number of hydrogen-bond donors (Lipinski definition) is 0. The van der Waals surface area contributed by atoms with Crippen molar-refractivity contribution in [3.05, 3.63) is 0 Å². The Bertz CT molecular complexity index is 70.8. The van der Waals surface area contributed by atoms with Crippen LogP contribution in [-0.2, 0) is 30.0 Å². The molecule has 0 bridgehead atoms. The molecule has 0 heterocycles. The number of hydrogen-bond acceptors (Lipinski definition) is 2. The number of esters is 1. The quantitative estimate of drug-likeness (QED) is 0.471. The summed E-state index contributed by atoms with van der Waals surface area (Å²) in [5, 5.41) is 0. The Morgan fingerprint density at radius 2 is 1.88 bits per heavy atom. The molecule has 0 unspecified atom stereocenters. The van der Waals surface area contributed by atoms with Crippen molar-refractivity contribution in [1.82, 2.24) is 0 Å². The summed E-state index contributed by atoms with van der Waals surface area (Å²) < 4.78 is 4.37. The second-order valence-corrected chi connectivity index (χ2v) is 1.68. The van der Waals surface area contributed by atoms with Crippen molar-refractivity contribution in [2.24, 2.45) is 5.92 Å². The summed E-state index contributed by atoms with van der Waals surface area (Å²) >= 11 is 0. The van der Waals surface area contributed by atoms with Crippen LogP contribution in [0.5, 0.6) is 0 Å². The van der Waals surface area contributed by atoms with Gasteiger partial charge in [-0.2, -0.15) is 0 Å². The molecule has 0 radical (unpaired) electrons. The van der Waals surface area contributed by atoms with E-state index in [0.29, 0.717) is 0 Å². The second-order valence-electron chi connectivity index (χ2n) is 1.68. The average molecular weight is 209 g/mol. The van der Waals surface area contributed by atoms with E-state index in [2.05, 4.69) is 4.74 Å². The van der Waals surface area contributed by atoms with Crippen molar-refractivity contribution in [2.75, 3.05) is 7.11 Å². The molecule has 0 aromatic heterocycles. The minimum absolute atomic E-state index is 0. The van der Waals surface area contributed by atoms with Crippen molar-refractivity contribution in [2.45, 2.75) is 13.8 Å². The maximum Gasteiger partial charge on any atom is 0.308 e. The summed E-state index contributed by atoms with van der Waals surface area (Å²) in [6.45, 7) is 3.59. The minimum atomic E-state index is -0.153. The third-order valence-electron chi connectivity index (χ3n) is 0.673. The van der Waals surface area contributed by atoms with E-state index < -0.39 is 0 Å². The van der Waals surface area contributed by atoms with Gasteiger partial charge in [0.15, 0.2) is 0 Å². The summed E-state index contributed by atoms with van der Waals surface area (Å²) in [5.41, 5.74) is 0. The molecule has 0 saturated carbocycles. The van der Waals surface area contributed by atoms with Crippen LogP contribution in [0.2, 0.25) is 0 Å². The van der Waals surface area contributed by atoms with E-state index in [4.69, 9.17) is 0 Å². The van der Waals surface area contributed by atoms with Crippen LogP contribution in [0.1, 0.15) is 13.8 Å². The molecule has 0 N–H and O–H groups in total. The van der Waals surface area contributed by atoms with E-state index in [9.17, 15) is 4.79 Å². The van der Waals surface area contributed by atoms with E-state index >= 15 is 0 Å². The van der Waals surface area contributed by atoms with E-state index in [1.807, 2.05) is 0 Å². The molecule has 3 heteroatoms. The zero-order valence-electron chi connectivity index (χ0n) is 5.21. The fraction of sp³-hybridized carbons (Fsp3) is 0.800. The SMILES string of the molecule is COC(=O)C(C)C.[Pd]. The Hall–Kier alpha value is 0.132. The van der Waals surface area contributed by atoms with Gasteiger partial charge in [-0.1, -0.05) is 13.8 Å². The molecular formula is C5H10O2Pd. The topological polar surface area (TPSA) is 26.3 Å². The largest absolute Gasteiger partial charge is 0.469 e. The molecule has 8 heavy (non-hydrogen) atoms. The number of rotatable bonds is 1. The van der Waals surface area contributed by atoms with Crippen molar-refractivity contribution >= 4 is 5.97 Å². The fourth-order valence-corrected chi connectivity index (χ4v) is 0.236. The van der Waals surface area contributed by atoms with Crippen LogP contribution >= 0.6 is 0 Å². The molecule has 2 nitrogen and oxygen atoms in total. The predicted octanol–water partition coefficient (Wildman–Crippen LogP) is 0.813. The van der Waals surface area contributed by atoms with Crippen LogP contribution < -0.4 is 0 Å². The van der Waals surface area contributed by atoms with Gasteiger partial charge in [-0.25, -0.2) is 0 Å². The van der Waals surface area contributed by atoms with Crippen molar-refractivity contribution in [3.63, 3.8) is 0 Å². The predicted molar refractivity (Wildman–Crippen MR) is 26.9 cm³/mol. The van der Waals surface area contributed by atoms with Gasteiger partial charge in [0.05, 0.1) is 13.0 Å². The smallest absolute Gasteiger partial charge is 0.308 e. The second kappa shape index (κ2) is 5.27. The van der Waals surface area contributed by atoms with Crippen molar-refractivity contribution in [3.8, 4) is 0 Å². The first-order chi connectivity index (χ1) is 3.18. The molecular weight excluding hydrogens is 198 g/mol. The standard InChI is InChI=1S/C5H10O2.Pd/c1-4(2)5(6)7-3;/h4H,1-3H3;. The molecule has 52 valence electrons. The molecule has 0 aliphatic heterocycles. The van der Waals surface area contributed by atoms with Crippen LogP contribution in [-0.4, -0.2) is 13.1 Å². The summed E-state index contributed by atoms with van der Waals surface area (Å²) in [6.07, 6.45) is 0. The van der Waals surface area contributed by atoms with Crippen molar-refractivity contribution in [1.29, 1.82) is 0 Å². The maximum atomic E-state index is 10.3. The van der Waals surface area contributed by atoms with Gasteiger partial charge in [0.1, 0.15) is 0 Å². The van der Waals surface area contributed by atoms with Crippen LogP contribution in [0.3, 0.4) is 0 Å². The third kappa shape index (κ3) is 4.30. The molecule has 0 atom stereocenters. The van der Waals surface area contributed by atoms with Crippen LogP contribution in [0, 0.1) is 5.92 Å². The Morgan fingerprint density at radius 3 is 1.88 bits per heavy atom. The average Bonchev–Trinajstić information content (AvgIpc) is 1.65. The molecule has 0 aromatic rings. The zero-order chi connectivity index (χ0) is 5.86. The molecule has 0 rings (SSSR count). The van der Waals surface area contributed by atoms with Gasteiger partial charge < -0.3 is 4.74 Å². The van der Waals surface area contributed by atoms with E-state index in [-0.39, 0.29) is 32.3 Å². The first kappa shape index (κ1) is 11.0. The van der Waals surface area contributed by atoms with Gasteiger partial charge in [0.2, 0.25) is 0 Å². The minimum Gasteiger partial charge on any atom is -0.469 e. The van der Waals surface area contributed by atoms with E-state index in [1.54, 1.807) is 13.8 Å². The van der Waals surface area contributed by atoms with E-state index in [1.165, 1.54) is 7.11 Å². The van der Waals surface area contributed by atoms with Crippen molar-refractivity contribution < 1.29 is 30.0 Å². The van der Waals surface area contributed by atoms with Gasteiger partial charge in [-0.05, 0) is 0 Å². The fourth-order valence-electron chi connectivity index (χ4n) is 0.236. The Balaban J connectivity index is 0. The summed E-state index contributed by atoms with van der Waals surface area (Å²) in [5.74, 6) is -0.148. The molecule has 0 saturated heterocycles. The van der Waals surface area contributed by atoms with E-state index in [0.717, 1.165) is 0 Å². The van der Waals surface area contributed by atoms with Gasteiger partial charge in [-0.15, -0.1) is 0 Å². The molecule has 0 amide bonds. The Morgan fingerprint density at radius 1 is 1.50 bits per heavy atom. The maximum absolute atomic E-state index is 10.3. The molecule has 0 aliphatic carbocycles. The monoisotopic (exact) mass is 208 g/mol. The first-order valence-electron chi connectivity index (χ1n) is 2.26. The molecule has 0 aliphatic rings. The Kier molecular flexibility index (Phi) is 7.25. The number of ether oxygens (including phenoxy) is 1. The van der Waals surface area contributed by atoms with Crippen LogP contribution in [0.15, 0.2) is 0 Å². The van der Waals surface area contributed by atoms with Crippen LogP contribution in [0.4, 0.5) is 0 Å². The molecule has 0 fully saturated rings. The third-order valence-corrected chi connectivity index (χ3v) is 0.673. The number of carbonyl (C=O) groups excluding carboxylic acids is 1. The summed E-state index contributed by atoms with van der Waals surface area (Å²) in [6, 6.07) is 0. The molecule has 0 spiro atoms. The Labute approximate surface area is 63.3 Å². The van der Waals surface area contributed by atoms with Crippen LogP contribution in [0.25, 0.3) is 0 Å². The van der Waals surface area contributed by atoms with Gasteiger partial charge in [-0.3, -0.25) is 4.79 Å². The van der Waals surface area contributed by atoms with Gasteiger partial charge in [0, 0.05) is 20.4 Å². The van der Waals surface area contributed by atoms with Gasteiger partial charge in [0.25, 0.3) is 0 Å². The molecule has 0 aromatic carbocycles. The first-order valence-corrected chi connectivity index (χ1v) is 2.26. The number of carbonyl (C=O) groups is 1.